The van der Waals surface area contributed by atoms with Gasteiger partial charge in [0.1, 0.15) is 0 Å². The van der Waals surface area contributed by atoms with E-state index in [0.717, 1.165) is 16.9 Å². The Bertz CT molecular complexity index is 1390. The number of anilines is 3. The van der Waals surface area contributed by atoms with Gasteiger partial charge in [0, 0.05) is 16.8 Å². The Kier molecular flexibility index (Phi) is 10.2. The zero-order valence-electron chi connectivity index (χ0n) is 22.3. The maximum Gasteiger partial charge on any atom is 0.311 e. The van der Waals surface area contributed by atoms with Crippen molar-refractivity contribution >= 4 is 45.9 Å². The monoisotopic (exact) mass is 558 g/mol. The third-order valence-electron chi connectivity index (χ3n) is 5.45. The van der Waals surface area contributed by atoms with Crippen LogP contribution in [0, 0.1) is 0 Å². The van der Waals surface area contributed by atoms with Crippen LogP contribution in [-0.2, 0) is 20.7 Å². The molecule has 1 heterocycles. The maximum atomic E-state index is 13.3. The quantitative estimate of drug-likeness (QED) is 0.125. The summed E-state index contributed by atoms with van der Waals surface area (Å²) in [4.78, 5) is 30.9. The second-order valence-electron chi connectivity index (χ2n) is 8.32. The summed E-state index contributed by atoms with van der Waals surface area (Å²) in [6.07, 6.45) is 1.74. The second kappa shape index (κ2) is 14.5. The molecule has 1 N–H and O–H groups in total. The van der Waals surface area contributed by atoms with Crippen LogP contribution in [0.1, 0.15) is 25.1 Å². The van der Waals surface area contributed by atoms with E-state index in [-0.39, 0.29) is 24.9 Å². The van der Waals surface area contributed by atoms with Gasteiger partial charge in [-0.3, -0.25) is 19.9 Å². The topological polar surface area (TPSA) is 102 Å². The number of nitrogens with zero attached hydrogens (tertiary/aromatic N) is 3. The van der Waals surface area contributed by atoms with Gasteiger partial charge >= 0.3 is 5.97 Å². The summed E-state index contributed by atoms with van der Waals surface area (Å²) in [7, 11) is 0. The summed E-state index contributed by atoms with van der Waals surface area (Å²) >= 11 is 1.34. The highest BCUT2D eigenvalue weighted by Gasteiger charge is 2.19. The smallest absolute Gasteiger partial charge is 0.311 e. The van der Waals surface area contributed by atoms with E-state index in [4.69, 9.17) is 14.2 Å². The van der Waals surface area contributed by atoms with Crippen molar-refractivity contribution < 1.29 is 23.8 Å². The highest BCUT2D eigenvalue weighted by Crippen LogP contribution is 2.30. The van der Waals surface area contributed by atoms with E-state index in [1.807, 2.05) is 73.7 Å². The first kappa shape index (κ1) is 28.3. The van der Waals surface area contributed by atoms with Gasteiger partial charge in [-0.2, -0.15) is 5.10 Å². The molecule has 0 spiro atoms. The molecule has 206 valence electrons. The van der Waals surface area contributed by atoms with Crippen LogP contribution in [0.5, 0.6) is 11.5 Å². The number of hydrogen-bond donors (Lipinski definition) is 1. The van der Waals surface area contributed by atoms with Gasteiger partial charge in [-0.05, 0) is 61.9 Å². The average molecular weight is 559 g/mol. The van der Waals surface area contributed by atoms with E-state index in [1.165, 1.54) is 11.3 Å². The molecule has 0 aliphatic rings. The van der Waals surface area contributed by atoms with Crippen molar-refractivity contribution in [1.82, 2.24) is 4.98 Å². The van der Waals surface area contributed by atoms with E-state index < -0.39 is 0 Å². The van der Waals surface area contributed by atoms with Gasteiger partial charge in [0.2, 0.25) is 5.13 Å². The molecule has 1 amide bonds. The van der Waals surface area contributed by atoms with Gasteiger partial charge in [0.05, 0.1) is 31.5 Å². The molecule has 0 saturated heterocycles. The maximum absolute atomic E-state index is 13.3. The third kappa shape index (κ3) is 7.90. The largest absolute Gasteiger partial charge is 0.490 e. The fraction of sp³-hybridized carbons (Fsp3) is 0.200. The van der Waals surface area contributed by atoms with Gasteiger partial charge in [0.25, 0.3) is 5.91 Å². The molecule has 0 radical (unpaired) electrons. The number of thiazole rings is 1. The summed E-state index contributed by atoms with van der Waals surface area (Å²) in [6.45, 7) is 4.21. The Balaban J connectivity index is 1.41. The molecule has 3 aromatic carbocycles. The zero-order chi connectivity index (χ0) is 28.2. The minimum absolute atomic E-state index is 0.117. The Morgan fingerprint density at radius 3 is 2.27 bits per heavy atom. The van der Waals surface area contributed by atoms with Gasteiger partial charge < -0.3 is 14.2 Å². The lowest BCUT2D eigenvalue weighted by Crippen LogP contribution is -2.31. The molecule has 0 aliphatic heterocycles. The molecule has 0 unspecified atom stereocenters. The number of rotatable bonds is 13. The number of aromatic nitrogens is 1. The SMILES string of the molecule is CCOC(=O)Cc1csc(NN=Cc2ccc(OCC(=O)N(c3ccccc3)c3ccccc3)c(OCC)c2)n1. The minimum Gasteiger partial charge on any atom is -0.490 e. The minimum atomic E-state index is -0.317. The predicted molar refractivity (Wildman–Crippen MR) is 157 cm³/mol. The molecule has 0 atom stereocenters. The van der Waals surface area contributed by atoms with Crippen molar-refractivity contribution in [3.63, 3.8) is 0 Å². The van der Waals surface area contributed by atoms with Crippen LogP contribution in [-0.4, -0.2) is 42.9 Å². The highest BCUT2D eigenvalue weighted by atomic mass is 32.1. The summed E-state index contributed by atoms with van der Waals surface area (Å²) in [6, 6.07) is 24.2. The molecule has 0 fully saturated rings. The molecule has 0 saturated carbocycles. The molecule has 0 aliphatic carbocycles. The summed E-state index contributed by atoms with van der Waals surface area (Å²) in [5.41, 5.74) is 5.75. The molecule has 10 heteroatoms. The fourth-order valence-corrected chi connectivity index (χ4v) is 4.41. The first-order valence-corrected chi connectivity index (χ1v) is 13.7. The first-order chi connectivity index (χ1) is 19.6. The van der Waals surface area contributed by atoms with Crippen LogP contribution in [0.4, 0.5) is 16.5 Å². The molecule has 0 bridgehead atoms. The lowest BCUT2D eigenvalue weighted by molar-refractivity contribution is -0.142. The normalized spacial score (nSPS) is 10.8. The third-order valence-corrected chi connectivity index (χ3v) is 6.25. The van der Waals surface area contributed by atoms with Crippen molar-refractivity contribution in [2.24, 2.45) is 5.10 Å². The summed E-state index contributed by atoms with van der Waals surface area (Å²) < 4.78 is 16.7. The number of carbonyl (C=O) groups excluding carboxylic acids is 2. The number of amides is 1. The van der Waals surface area contributed by atoms with Crippen molar-refractivity contribution in [1.29, 1.82) is 0 Å². The number of hydrazone groups is 1. The number of esters is 1. The Morgan fingerprint density at radius 1 is 0.925 bits per heavy atom. The van der Waals surface area contributed by atoms with Gasteiger partial charge in [-0.1, -0.05) is 36.4 Å². The van der Waals surface area contributed by atoms with Crippen molar-refractivity contribution in [2.75, 3.05) is 30.1 Å². The standard InChI is InChI=1S/C30H30N4O5S/c1-3-37-27-17-22(19-31-33-30-32-23(21-40-30)18-29(36)38-4-2)15-16-26(27)39-20-28(35)34(24-11-7-5-8-12-24)25-13-9-6-10-14-25/h5-17,19,21H,3-4,18,20H2,1-2H3,(H,32,33). The zero-order valence-corrected chi connectivity index (χ0v) is 23.1. The molecule has 9 nitrogen and oxygen atoms in total. The average Bonchev–Trinajstić information content (AvgIpc) is 3.41. The molecule has 40 heavy (non-hydrogen) atoms. The van der Waals surface area contributed by atoms with E-state index in [0.29, 0.717) is 35.5 Å². The lowest BCUT2D eigenvalue weighted by atomic mass is 10.2. The molecular formula is C30H30N4O5S. The Morgan fingerprint density at radius 2 is 1.62 bits per heavy atom. The van der Waals surface area contributed by atoms with Crippen LogP contribution >= 0.6 is 11.3 Å². The molecular weight excluding hydrogens is 528 g/mol. The van der Waals surface area contributed by atoms with Crippen molar-refractivity contribution in [3.8, 4) is 11.5 Å². The van der Waals surface area contributed by atoms with E-state index in [1.54, 1.807) is 35.6 Å². The Hall–Kier alpha value is -4.70. The number of benzene rings is 3. The van der Waals surface area contributed by atoms with Crippen LogP contribution in [0.15, 0.2) is 89.3 Å². The van der Waals surface area contributed by atoms with Crippen molar-refractivity contribution in [2.45, 2.75) is 20.3 Å². The van der Waals surface area contributed by atoms with Crippen LogP contribution < -0.4 is 19.8 Å². The Labute approximate surface area is 237 Å². The summed E-state index contributed by atoms with van der Waals surface area (Å²) in [5, 5.41) is 6.58. The van der Waals surface area contributed by atoms with E-state index in [2.05, 4.69) is 15.5 Å². The van der Waals surface area contributed by atoms with Gasteiger partial charge in [-0.15, -0.1) is 11.3 Å². The van der Waals surface area contributed by atoms with E-state index in [9.17, 15) is 9.59 Å². The van der Waals surface area contributed by atoms with Gasteiger partial charge in [0.15, 0.2) is 18.1 Å². The number of carbonyl (C=O) groups is 2. The van der Waals surface area contributed by atoms with Gasteiger partial charge in [-0.25, -0.2) is 4.98 Å². The van der Waals surface area contributed by atoms with Crippen LogP contribution in [0.25, 0.3) is 0 Å². The molecule has 4 aromatic rings. The molecule has 1 aromatic heterocycles. The predicted octanol–water partition coefficient (Wildman–Crippen LogP) is 5.84. The lowest BCUT2D eigenvalue weighted by Gasteiger charge is -2.23. The number of hydrogen-bond acceptors (Lipinski definition) is 9. The first-order valence-electron chi connectivity index (χ1n) is 12.8. The van der Waals surface area contributed by atoms with Crippen LogP contribution in [0.2, 0.25) is 0 Å². The number of ether oxygens (including phenoxy) is 3. The molecule has 4 rings (SSSR count). The second-order valence-corrected chi connectivity index (χ2v) is 9.18. The number of nitrogens with one attached hydrogen (secondary N) is 1. The number of para-hydroxylation sites is 2. The highest BCUT2D eigenvalue weighted by molar-refractivity contribution is 7.13. The fourth-order valence-electron chi connectivity index (χ4n) is 3.75. The van der Waals surface area contributed by atoms with E-state index >= 15 is 0 Å². The van der Waals surface area contributed by atoms with Crippen LogP contribution in [0.3, 0.4) is 0 Å². The van der Waals surface area contributed by atoms with Crippen molar-refractivity contribution in [3.05, 3.63) is 95.5 Å². The summed E-state index contributed by atoms with van der Waals surface area (Å²) in [5.74, 6) is 0.407.